The van der Waals surface area contributed by atoms with E-state index < -0.39 is 0 Å². The number of benzene rings is 2. The molecule has 0 aliphatic rings. The summed E-state index contributed by atoms with van der Waals surface area (Å²) >= 11 is 0. The Morgan fingerprint density at radius 1 is 1.28 bits per heavy atom. The van der Waals surface area contributed by atoms with Crippen LogP contribution in [0.5, 0.6) is 0 Å². The highest BCUT2D eigenvalue weighted by Crippen LogP contribution is 2.24. The lowest BCUT2D eigenvalue weighted by Gasteiger charge is -2.09. The number of amidine groups is 1. The van der Waals surface area contributed by atoms with Crippen molar-refractivity contribution in [2.24, 2.45) is 5.73 Å². The maximum Gasteiger partial charge on any atom is 0.318 e. The molecule has 2 rings (SSSR count). The number of anilines is 1. The van der Waals surface area contributed by atoms with Gasteiger partial charge in [0.25, 0.3) is 0 Å². The predicted octanol–water partition coefficient (Wildman–Crippen LogP) is 1.88. The Bertz CT molecular complexity index is 621. The molecular formula is C13H14N4O. The second-order valence-electron chi connectivity index (χ2n) is 3.86. The summed E-state index contributed by atoms with van der Waals surface area (Å²) < 4.78 is 0. The van der Waals surface area contributed by atoms with Crippen LogP contribution in [0.4, 0.5) is 10.5 Å². The first-order valence-corrected chi connectivity index (χ1v) is 5.47. The molecule has 0 heterocycles. The highest BCUT2D eigenvalue weighted by atomic mass is 16.2. The fourth-order valence-electron chi connectivity index (χ4n) is 1.73. The molecule has 0 saturated carbocycles. The fraction of sp³-hybridized carbons (Fsp3) is 0.0769. The number of nitrogens with two attached hydrogens (primary N) is 1. The quantitative estimate of drug-likeness (QED) is 0.478. The van der Waals surface area contributed by atoms with E-state index in [4.69, 9.17) is 11.1 Å². The van der Waals surface area contributed by atoms with Gasteiger partial charge in [0, 0.05) is 18.0 Å². The average molecular weight is 242 g/mol. The highest BCUT2D eigenvalue weighted by Gasteiger charge is 2.05. The molecule has 0 bridgehead atoms. The summed E-state index contributed by atoms with van der Waals surface area (Å²) in [7, 11) is 1.56. The standard InChI is InChI=1S/C13H14N4O/c1-16-13(18)17-11-4-2-3-8-5-6-9(12(14)15)7-10(8)11/h2-7H,1H3,(H3,14,15)(H2,16,17,18). The van der Waals surface area contributed by atoms with Crippen LogP contribution < -0.4 is 16.4 Å². The first-order valence-electron chi connectivity index (χ1n) is 5.47. The summed E-state index contributed by atoms with van der Waals surface area (Å²) in [6.07, 6.45) is 0. The minimum atomic E-state index is -0.282. The van der Waals surface area contributed by atoms with Gasteiger partial charge in [-0.1, -0.05) is 24.3 Å². The fourth-order valence-corrected chi connectivity index (χ4v) is 1.73. The molecule has 0 unspecified atom stereocenters. The maximum absolute atomic E-state index is 11.4. The number of amides is 2. The van der Waals surface area contributed by atoms with E-state index in [9.17, 15) is 4.79 Å². The van der Waals surface area contributed by atoms with E-state index in [1.54, 1.807) is 19.2 Å². The number of carbonyl (C=O) groups excluding carboxylic acids is 1. The number of rotatable bonds is 2. The van der Waals surface area contributed by atoms with E-state index in [-0.39, 0.29) is 11.9 Å². The van der Waals surface area contributed by atoms with Crippen LogP contribution in [0.15, 0.2) is 36.4 Å². The van der Waals surface area contributed by atoms with E-state index in [2.05, 4.69) is 10.6 Å². The largest absolute Gasteiger partial charge is 0.384 e. The third-order valence-electron chi connectivity index (χ3n) is 2.67. The van der Waals surface area contributed by atoms with Crippen molar-refractivity contribution in [3.8, 4) is 0 Å². The van der Waals surface area contributed by atoms with Gasteiger partial charge in [-0.15, -0.1) is 0 Å². The van der Waals surface area contributed by atoms with Crippen molar-refractivity contribution in [1.82, 2.24) is 5.32 Å². The summed E-state index contributed by atoms with van der Waals surface area (Å²) in [5, 5.41) is 14.5. The average Bonchev–Trinajstić information content (AvgIpc) is 2.38. The first-order chi connectivity index (χ1) is 8.61. The Morgan fingerprint density at radius 3 is 2.72 bits per heavy atom. The van der Waals surface area contributed by atoms with Crippen LogP contribution in [0.2, 0.25) is 0 Å². The molecular weight excluding hydrogens is 228 g/mol. The smallest absolute Gasteiger partial charge is 0.318 e. The Kier molecular flexibility index (Phi) is 3.14. The molecule has 5 nitrogen and oxygen atoms in total. The van der Waals surface area contributed by atoms with Gasteiger partial charge in [0.15, 0.2) is 0 Å². The Morgan fingerprint density at radius 2 is 2.06 bits per heavy atom. The van der Waals surface area contributed by atoms with E-state index in [1.807, 2.05) is 24.3 Å². The summed E-state index contributed by atoms with van der Waals surface area (Å²) in [4.78, 5) is 11.4. The van der Waals surface area contributed by atoms with Crippen LogP contribution in [-0.2, 0) is 0 Å². The van der Waals surface area contributed by atoms with Gasteiger partial charge >= 0.3 is 6.03 Å². The SMILES string of the molecule is CNC(=O)Nc1cccc2ccc(C(=N)N)cc12. The maximum atomic E-state index is 11.4. The minimum absolute atomic E-state index is 0.00615. The van der Waals surface area contributed by atoms with Gasteiger partial charge in [0.2, 0.25) is 0 Å². The number of carbonyl (C=O) groups is 1. The van der Waals surface area contributed by atoms with E-state index >= 15 is 0 Å². The Labute approximate surface area is 104 Å². The van der Waals surface area contributed by atoms with Gasteiger partial charge in [-0.05, 0) is 17.5 Å². The van der Waals surface area contributed by atoms with Crippen molar-refractivity contribution < 1.29 is 4.79 Å². The molecule has 0 aliphatic heterocycles. The summed E-state index contributed by atoms with van der Waals surface area (Å²) in [5.74, 6) is 0.00615. The van der Waals surface area contributed by atoms with Gasteiger partial charge in [0.1, 0.15) is 5.84 Å². The second kappa shape index (κ2) is 4.75. The molecule has 2 aromatic carbocycles. The minimum Gasteiger partial charge on any atom is -0.384 e. The molecule has 2 amide bonds. The number of nitrogen functional groups attached to an aromatic ring is 1. The van der Waals surface area contributed by atoms with Crippen LogP contribution in [0.25, 0.3) is 10.8 Å². The Hall–Kier alpha value is -2.56. The highest BCUT2D eigenvalue weighted by molar-refractivity contribution is 6.05. The molecule has 0 fully saturated rings. The van der Waals surface area contributed by atoms with Gasteiger partial charge < -0.3 is 16.4 Å². The lowest BCUT2D eigenvalue weighted by Crippen LogP contribution is -2.24. The molecule has 5 N–H and O–H groups in total. The van der Waals surface area contributed by atoms with Crippen molar-refractivity contribution in [2.45, 2.75) is 0 Å². The van der Waals surface area contributed by atoms with Crippen molar-refractivity contribution >= 4 is 28.3 Å². The lowest BCUT2D eigenvalue weighted by molar-refractivity contribution is 0.254. The molecule has 2 aromatic rings. The molecule has 0 aliphatic carbocycles. The predicted molar refractivity (Wildman–Crippen MR) is 73.0 cm³/mol. The normalized spacial score (nSPS) is 10.1. The lowest BCUT2D eigenvalue weighted by atomic mass is 10.0. The molecule has 5 heteroatoms. The van der Waals surface area contributed by atoms with Crippen molar-refractivity contribution in [3.05, 3.63) is 42.0 Å². The topological polar surface area (TPSA) is 91.0 Å². The first kappa shape index (κ1) is 11.9. The zero-order chi connectivity index (χ0) is 13.1. The van der Waals surface area contributed by atoms with Crippen molar-refractivity contribution in [3.63, 3.8) is 0 Å². The molecule has 0 spiro atoms. The zero-order valence-corrected chi connectivity index (χ0v) is 9.95. The number of nitrogens with one attached hydrogen (secondary N) is 3. The monoisotopic (exact) mass is 242 g/mol. The molecule has 0 atom stereocenters. The van der Waals surface area contributed by atoms with Crippen LogP contribution in [0.1, 0.15) is 5.56 Å². The second-order valence-corrected chi connectivity index (χ2v) is 3.86. The molecule has 0 aromatic heterocycles. The number of urea groups is 1. The molecule has 0 radical (unpaired) electrons. The van der Waals surface area contributed by atoms with E-state index in [1.165, 1.54) is 0 Å². The van der Waals surface area contributed by atoms with Crippen LogP contribution in [0, 0.1) is 5.41 Å². The van der Waals surface area contributed by atoms with Gasteiger partial charge in [-0.2, -0.15) is 0 Å². The molecule has 18 heavy (non-hydrogen) atoms. The Balaban J connectivity index is 2.55. The van der Waals surface area contributed by atoms with Crippen LogP contribution in [0.3, 0.4) is 0 Å². The zero-order valence-electron chi connectivity index (χ0n) is 9.95. The van der Waals surface area contributed by atoms with Gasteiger partial charge in [-0.3, -0.25) is 5.41 Å². The summed E-state index contributed by atoms with van der Waals surface area (Å²) in [6.45, 7) is 0. The van der Waals surface area contributed by atoms with Crippen molar-refractivity contribution in [2.75, 3.05) is 12.4 Å². The third-order valence-corrected chi connectivity index (χ3v) is 2.67. The van der Waals surface area contributed by atoms with Gasteiger partial charge in [-0.25, -0.2) is 4.79 Å². The van der Waals surface area contributed by atoms with Crippen LogP contribution >= 0.6 is 0 Å². The molecule has 0 saturated heterocycles. The third kappa shape index (κ3) is 2.24. The van der Waals surface area contributed by atoms with Crippen LogP contribution in [-0.4, -0.2) is 18.9 Å². The number of fused-ring (bicyclic) bond motifs is 1. The van der Waals surface area contributed by atoms with E-state index in [0.29, 0.717) is 11.3 Å². The number of hydrogen-bond acceptors (Lipinski definition) is 2. The number of hydrogen-bond donors (Lipinski definition) is 4. The van der Waals surface area contributed by atoms with Gasteiger partial charge in [0.05, 0.1) is 5.69 Å². The summed E-state index contributed by atoms with van der Waals surface area (Å²) in [5.41, 5.74) is 6.79. The van der Waals surface area contributed by atoms with Crippen molar-refractivity contribution in [1.29, 1.82) is 5.41 Å². The summed E-state index contributed by atoms with van der Waals surface area (Å²) in [6, 6.07) is 10.8. The molecule has 92 valence electrons. The van der Waals surface area contributed by atoms with E-state index in [0.717, 1.165) is 10.8 Å².